The number of aliphatic hydroxyl groups is 1. The molecule has 0 bridgehead atoms. The van der Waals surface area contributed by atoms with E-state index in [0.29, 0.717) is 0 Å². The van der Waals surface area contributed by atoms with E-state index in [-0.39, 0.29) is 18.2 Å². The molecule has 2 rings (SSSR count). The molecule has 18 heavy (non-hydrogen) atoms. The Balaban J connectivity index is 1.97. The molecule has 0 aromatic heterocycles. The third kappa shape index (κ3) is 3.24. The first-order valence-electron chi connectivity index (χ1n) is 6.91. The van der Waals surface area contributed by atoms with Crippen LogP contribution in [0.3, 0.4) is 0 Å². The molecule has 1 aromatic carbocycles. The molecule has 0 amide bonds. The first-order chi connectivity index (χ1) is 8.70. The SMILES string of the molecule is CCC(N)c1ccc(OC2CCCCC2O)cc1. The Morgan fingerprint density at radius 1 is 1.28 bits per heavy atom. The van der Waals surface area contributed by atoms with E-state index in [4.69, 9.17) is 10.5 Å². The van der Waals surface area contributed by atoms with E-state index in [2.05, 4.69) is 6.92 Å². The zero-order chi connectivity index (χ0) is 13.0. The van der Waals surface area contributed by atoms with Gasteiger partial charge in [-0.25, -0.2) is 0 Å². The number of hydrogen-bond acceptors (Lipinski definition) is 3. The first kappa shape index (κ1) is 13.4. The number of ether oxygens (including phenoxy) is 1. The van der Waals surface area contributed by atoms with Gasteiger partial charge in [0.25, 0.3) is 0 Å². The summed E-state index contributed by atoms with van der Waals surface area (Å²) in [4.78, 5) is 0. The Morgan fingerprint density at radius 3 is 2.56 bits per heavy atom. The fourth-order valence-electron chi connectivity index (χ4n) is 2.42. The van der Waals surface area contributed by atoms with Gasteiger partial charge in [0, 0.05) is 6.04 Å². The second-order valence-corrected chi connectivity index (χ2v) is 5.09. The zero-order valence-corrected chi connectivity index (χ0v) is 11.0. The lowest BCUT2D eigenvalue weighted by atomic mass is 9.95. The summed E-state index contributed by atoms with van der Waals surface area (Å²) < 4.78 is 5.85. The second kappa shape index (κ2) is 6.21. The Kier molecular flexibility index (Phi) is 4.61. The lowest BCUT2D eigenvalue weighted by molar-refractivity contribution is 0.00686. The van der Waals surface area contributed by atoms with Gasteiger partial charge < -0.3 is 15.6 Å². The smallest absolute Gasteiger partial charge is 0.124 e. The van der Waals surface area contributed by atoms with Crippen LogP contribution in [0.1, 0.15) is 50.6 Å². The first-order valence-corrected chi connectivity index (χ1v) is 6.91. The molecule has 0 saturated heterocycles. The van der Waals surface area contributed by atoms with Gasteiger partial charge in [-0.2, -0.15) is 0 Å². The summed E-state index contributed by atoms with van der Waals surface area (Å²) in [6.07, 6.45) is 4.59. The average Bonchev–Trinajstić information content (AvgIpc) is 2.41. The molecule has 0 radical (unpaired) electrons. The third-order valence-corrected chi connectivity index (χ3v) is 3.70. The van der Waals surface area contributed by atoms with Gasteiger partial charge in [0.1, 0.15) is 11.9 Å². The molecular weight excluding hydrogens is 226 g/mol. The molecule has 3 unspecified atom stereocenters. The number of benzene rings is 1. The van der Waals surface area contributed by atoms with Crippen LogP contribution in [0.25, 0.3) is 0 Å². The van der Waals surface area contributed by atoms with Gasteiger partial charge in [-0.15, -0.1) is 0 Å². The molecule has 1 saturated carbocycles. The molecule has 3 atom stereocenters. The number of aliphatic hydroxyl groups excluding tert-OH is 1. The summed E-state index contributed by atoms with van der Waals surface area (Å²) in [5, 5.41) is 9.87. The van der Waals surface area contributed by atoms with Crippen LogP contribution in [0.15, 0.2) is 24.3 Å². The van der Waals surface area contributed by atoms with E-state index < -0.39 is 0 Å². The van der Waals surface area contributed by atoms with Crippen molar-refractivity contribution in [3.8, 4) is 5.75 Å². The molecule has 3 nitrogen and oxygen atoms in total. The molecule has 3 heteroatoms. The topological polar surface area (TPSA) is 55.5 Å². The Hall–Kier alpha value is -1.06. The standard InChI is InChI=1S/C15H23NO2/c1-2-13(16)11-7-9-12(10-8-11)18-15-6-4-3-5-14(15)17/h7-10,13-15,17H,2-6,16H2,1H3. The molecule has 0 heterocycles. The highest BCUT2D eigenvalue weighted by Gasteiger charge is 2.24. The van der Waals surface area contributed by atoms with Crippen molar-refractivity contribution >= 4 is 0 Å². The second-order valence-electron chi connectivity index (χ2n) is 5.09. The minimum atomic E-state index is -0.323. The summed E-state index contributed by atoms with van der Waals surface area (Å²) in [7, 11) is 0. The van der Waals surface area contributed by atoms with Gasteiger partial charge in [0.15, 0.2) is 0 Å². The van der Waals surface area contributed by atoms with Gasteiger partial charge in [-0.3, -0.25) is 0 Å². The monoisotopic (exact) mass is 249 g/mol. The quantitative estimate of drug-likeness (QED) is 0.862. The molecule has 100 valence electrons. The average molecular weight is 249 g/mol. The minimum absolute atomic E-state index is 0.0514. The lowest BCUT2D eigenvalue weighted by Crippen LogP contribution is -2.34. The summed E-state index contributed by atoms with van der Waals surface area (Å²) in [5.41, 5.74) is 7.10. The predicted molar refractivity (Wildman–Crippen MR) is 72.6 cm³/mol. The fraction of sp³-hybridized carbons (Fsp3) is 0.600. The highest BCUT2D eigenvalue weighted by molar-refractivity contribution is 5.29. The van der Waals surface area contributed by atoms with Crippen LogP contribution in [0.4, 0.5) is 0 Å². The van der Waals surface area contributed by atoms with Gasteiger partial charge in [0.05, 0.1) is 6.10 Å². The van der Waals surface area contributed by atoms with Crippen molar-refractivity contribution in [2.75, 3.05) is 0 Å². The van der Waals surface area contributed by atoms with Crippen LogP contribution < -0.4 is 10.5 Å². The highest BCUT2D eigenvalue weighted by atomic mass is 16.5. The molecule has 0 spiro atoms. The van der Waals surface area contributed by atoms with Crippen LogP contribution >= 0.6 is 0 Å². The Bertz CT molecular complexity index is 363. The Morgan fingerprint density at radius 2 is 1.94 bits per heavy atom. The van der Waals surface area contributed by atoms with Crippen LogP contribution in [-0.2, 0) is 0 Å². The van der Waals surface area contributed by atoms with E-state index >= 15 is 0 Å². The molecule has 3 N–H and O–H groups in total. The largest absolute Gasteiger partial charge is 0.488 e. The zero-order valence-electron chi connectivity index (χ0n) is 11.0. The summed E-state index contributed by atoms with van der Waals surface area (Å²) in [5.74, 6) is 0.827. The lowest BCUT2D eigenvalue weighted by Gasteiger charge is -2.28. The summed E-state index contributed by atoms with van der Waals surface area (Å²) >= 11 is 0. The molecule has 1 fully saturated rings. The van der Waals surface area contributed by atoms with Crippen molar-refractivity contribution in [1.82, 2.24) is 0 Å². The highest BCUT2D eigenvalue weighted by Crippen LogP contribution is 2.25. The van der Waals surface area contributed by atoms with Gasteiger partial charge >= 0.3 is 0 Å². The Labute approximate surface area is 109 Å². The minimum Gasteiger partial charge on any atom is -0.488 e. The van der Waals surface area contributed by atoms with Crippen LogP contribution in [0, 0.1) is 0 Å². The maximum Gasteiger partial charge on any atom is 0.124 e. The maximum absolute atomic E-state index is 9.87. The normalized spacial score (nSPS) is 25.7. The van der Waals surface area contributed by atoms with E-state index in [0.717, 1.165) is 43.4 Å². The molecule has 1 aromatic rings. The molecular formula is C15H23NO2. The third-order valence-electron chi connectivity index (χ3n) is 3.70. The molecule has 0 aliphatic heterocycles. The van der Waals surface area contributed by atoms with Gasteiger partial charge in [-0.1, -0.05) is 25.5 Å². The number of nitrogens with two attached hydrogens (primary N) is 1. The van der Waals surface area contributed by atoms with Crippen LogP contribution in [-0.4, -0.2) is 17.3 Å². The van der Waals surface area contributed by atoms with E-state index in [1.807, 2.05) is 24.3 Å². The van der Waals surface area contributed by atoms with Crippen LogP contribution in [0.5, 0.6) is 5.75 Å². The van der Waals surface area contributed by atoms with E-state index in [1.165, 1.54) is 0 Å². The van der Waals surface area contributed by atoms with Crippen molar-refractivity contribution in [3.63, 3.8) is 0 Å². The molecule has 1 aliphatic rings. The molecule has 1 aliphatic carbocycles. The van der Waals surface area contributed by atoms with Crippen molar-refractivity contribution in [2.24, 2.45) is 5.73 Å². The maximum atomic E-state index is 9.87. The van der Waals surface area contributed by atoms with Crippen molar-refractivity contribution in [3.05, 3.63) is 29.8 Å². The number of rotatable bonds is 4. The van der Waals surface area contributed by atoms with Crippen molar-refractivity contribution in [2.45, 2.75) is 57.3 Å². The van der Waals surface area contributed by atoms with Crippen LogP contribution in [0.2, 0.25) is 0 Å². The number of hydrogen-bond donors (Lipinski definition) is 2. The fourth-order valence-corrected chi connectivity index (χ4v) is 2.42. The summed E-state index contributed by atoms with van der Waals surface area (Å²) in [6, 6.07) is 8.02. The summed E-state index contributed by atoms with van der Waals surface area (Å²) in [6.45, 7) is 2.08. The van der Waals surface area contributed by atoms with Crippen molar-refractivity contribution < 1.29 is 9.84 Å². The van der Waals surface area contributed by atoms with Gasteiger partial charge in [0.2, 0.25) is 0 Å². The predicted octanol–water partition coefficient (Wildman–Crippen LogP) is 2.78. The van der Waals surface area contributed by atoms with E-state index in [9.17, 15) is 5.11 Å². The van der Waals surface area contributed by atoms with E-state index in [1.54, 1.807) is 0 Å². The van der Waals surface area contributed by atoms with Gasteiger partial charge in [-0.05, 0) is 43.4 Å². The van der Waals surface area contributed by atoms with Crippen molar-refractivity contribution in [1.29, 1.82) is 0 Å².